The summed E-state index contributed by atoms with van der Waals surface area (Å²) in [6.45, 7) is 7.16. The van der Waals surface area contributed by atoms with E-state index in [2.05, 4.69) is 32.0 Å². The Labute approximate surface area is 125 Å². The summed E-state index contributed by atoms with van der Waals surface area (Å²) in [4.78, 5) is 15.2. The summed E-state index contributed by atoms with van der Waals surface area (Å²) >= 11 is 1.59. The highest BCUT2D eigenvalue weighted by atomic mass is 32.2. The number of carbonyl (C=O) groups is 1. The molecule has 0 spiro atoms. The molecule has 1 saturated heterocycles. The Bertz CT molecular complexity index is 499. The Morgan fingerprint density at radius 1 is 1.45 bits per heavy atom. The van der Waals surface area contributed by atoms with Gasteiger partial charge in [0.25, 0.3) is 0 Å². The minimum absolute atomic E-state index is 0.121. The minimum atomic E-state index is -0.724. The third kappa shape index (κ3) is 4.00. The second-order valence-electron chi connectivity index (χ2n) is 5.97. The Kier molecular flexibility index (Phi) is 4.76. The van der Waals surface area contributed by atoms with Gasteiger partial charge >= 0.3 is 0 Å². The largest absolute Gasteiger partial charge is 0.388 e. The summed E-state index contributed by atoms with van der Waals surface area (Å²) in [5.74, 6) is 0.566. The van der Waals surface area contributed by atoms with Crippen molar-refractivity contribution in [2.24, 2.45) is 0 Å². The molecule has 1 unspecified atom stereocenters. The molecule has 1 aromatic carbocycles. The molecule has 4 heteroatoms. The quantitative estimate of drug-likeness (QED) is 0.871. The number of carbonyl (C=O) groups excluding carboxylic acids is 1. The van der Waals surface area contributed by atoms with Crippen LogP contribution in [-0.4, -0.2) is 40.4 Å². The third-order valence-electron chi connectivity index (χ3n) is 3.72. The number of likely N-dealkylation sites (tertiary alicyclic amines) is 1. The Morgan fingerprint density at radius 2 is 2.20 bits per heavy atom. The summed E-state index contributed by atoms with van der Waals surface area (Å²) in [5.41, 5.74) is 1.70. The summed E-state index contributed by atoms with van der Waals surface area (Å²) in [6, 6.07) is 6.30. The summed E-state index contributed by atoms with van der Waals surface area (Å²) < 4.78 is 0. The lowest BCUT2D eigenvalue weighted by Gasteiger charge is -2.36. The SMILES string of the molecule is Cc1ccc(C)c(SCC(=O)N2CCCC(C)(O)C2)c1. The maximum atomic E-state index is 12.2. The first-order valence-electron chi connectivity index (χ1n) is 7.08. The predicted molar refractivity (Wildman–Crippen MR) is 83.1 cm³/mol. The lowest BCUT2D eigenvalue weighted by Crippen LogP contribution is -2.49. The fourth-order valence-corrected chi connectivity index (χ4v) is 3.55. The molecule has 0 aromatic heterocycles. The molecule has 1 aromatic rings. The molecule has 0 aliphatic carbocycles. The second kappa shape index (κ2) is 6.19. The molecule has 3 nitrogen and oxygen atoms in total. The molecule has 0 radical (unpaired) electrons. The van der Waals surface area contributed by atoms with E-state index >= 15 is 0 Å². The van der Waals surface area contributed by atoms with Crippen molar-refractivity contribution in [1.82, 2.24) is 4.90 Å². The van der Waals surface area contributed by atoms with Crippen molar-refractivity contribution in [3.63, 3.8) is 0 Å². The molecule has 20 heavy (non-hydrogen) atoms. The van der Waals surface area contributed by atoms with Crippen molar-refractivity contribution in [1.29, 1.82) is 0 Å². The highest BCUT2D eigenvalue weighted by Gasteiger charge is 2.30. The van der Waals surface area contributed by atoms with Crippen molar-refractivity contribution in [2.75, 3.05) is 18.8 Å². The van der Waals surface area contributed by atoms with Crippen LogP contribution in [-0.2, 0) is 4.79 Å². The average molecular weight is 293 g/mol. The van der Waals surface area contributed by atoms with Crippen molar-refractivity contribution >= 4 is 17.7 Å². The van der Waals surface area contributed by atoms with Gasteiger partial charge in [-0.2, -0.15) is 0 Å². The summed E-state index contributed by atoms with van der Waals surface area (Å²) in [5, 5.41) is 10.1. The number of aryl methyl sites for hydroxylation is 2. The van der Waals surface area contributed by atoms with Crippen LogP contribution in [0, 0.1) is 13.8 Å². The average Bonchev–Trinajstić information content (AvgIpc) is 2.38. The van der Waals surface area contributed by atoms with Gasteiger partial charge in [-0.3, -0.25) is 4.79 Å². The van der Waals surface area contributed by atoms with E-state index in [4.69, 9.17) is 0 Å². The van der Waals surface area contributed by atoms with Gasteiger partial charge in [0.1, 0.15) is 0 Å². The first-order valence-corrected chi connectivity index (χ1v) is 8.06. The number of β-amino-alcohol motifs (C(OH)–C–C–N with tert-alkyl or cyclic N) is 1. The van der Waals surface area contributed by atoms with Crippen LogP contribution >= 0.6 is 11.8 Å². The van der Waals surface area contributed by atoms with E-state index in [1.807, 2.05) is 6.92 Å². The van der Waals surface area contributed by atoms with Crippen LogP contribution in [0.15, 0.2) is 23.1 Å². The van der Waals surface area contributed by atoms with E-state index in [0.717, 1.165) is 19.4 Å². The standard InChI is InChI=1S/C16H23NO2S/c1-12-5-6-13(2)14(9-12)20-10-15(18)17-8-4-7-16(3,19)11-17/h5-6,9,19H,4,7-8,10-11H2,1-3H3. The maximum Gasteiger partial charge on any atom is 0.233 e. The fourth-order valence-electron chi connectivity index (χ4n) is 2.53. The number of thioether (sulfide) groups is 1. The number of aliphatic hydroxyl groups is 1. The van der Waals surface area contributed by atoms with E-state index < -0.39 is 5.60 Å². The number of hydrogen-bond donors (Lipinski definition) is 1. The molecule has 110 valence electrons. The van der Waals surface area contributed by atoms with Crippen LogP contribution in [0.2, 0.25) is 0 Å². The zero-order valence-electron chi connectivity index (χ0n) is 12.5. The second-order valence-corrected chi connectivity index (χ2v) is 6.99. The Balaban J connectivity index is 1.93. The number of benzene rings is 1. The molecule has 0 saturated carbocycles. The summed E-state index contributed by atoms with van der Waals surface area (Å²) in [7, 11) is 0. The zero-order chi connectivity index (χ0) is 14.8. The van der Waals surface area contributed by atoms with E-state index in [-0.39, 0.29) is 5.91 Å². The van der Waals surface area contributed by atoms with Gasteiger partial charge in [-0.1, -0.05) is 17.7 Å². The van der Waals surface area contributed by atoms with Gasteiger partial charge in [0, 0.05) is 18.0 Å². The molecule has 1 heterocycles. The third-order valence-corrected chi connectivity index (χ3v) is 4.86. The van der Waals surface area contributed by atoms with Gasteiger partial charge in [-0.25, -0.2) is 0 Å². The minimum Gasteiger partial charge on any atom is -0.388 e. The predicted octanol–water partition coefficient (Wildman–Crippen LogP) is 2.77. The maximum absolute atomic E-state index is 12.2. The zero-order valence-corrected chi connectivity index (χ0v) is 13.3. The van der Waals surface area contributed by atoms with E-state index in [0.29, 0.717) is 12.3 Å². The lowest BCUT2D eigenvalue weighted by molar-refractivity contribution is -0.134. The van der Waals surface area contributed by atoms with Gasteiger partial charge in [0.2, 0.25) is 5.91 Å². The fraction of sp³-hybridized carbons (Fsp3) is 0.562. The molecule has 1 aliphatic heterocycles. The number of piperidine rings is 1. The van der Waals surface area contributed by atoms with Gasteiger partial charge in [-0.15, -0.1) is 11.8 Å². The first kappa shape index (κ1) is 15.4. The van der Waals surface area contributed by atoms with Crippen LogP contribution in [0.4, 0.5) is 0 Å². The monoisotopic (exact) mass is 293 g/mol. The topological polar surface area (TPSA) is 40.5 Å². The van der Waals surface area contributed by atoms with Gasteiger partial charge < -0.3 is 10.0 Å². The van der Waals surface area contributed by atoms with E-state index in [1.165, 1.54) is 16.0 Å². The normalized spacial score (nSPS) is 22.9. The van der Waals surface area contributed by atoms with Crippen LogP contribution in [0.5, 0.6) is 0 Å². The number of rotatable bonds is 3. The molecular weight excluding hydrogens is 270 g/mol. The Morgan fingerprint density at radius 3 is 2.90 bits per heavy atom. The molecule has 1 atom stereocenters. The van der Waals surface area contributed by atoms with Crippen molar-refractivity contribution < 1.29 is 9.90 Å². The molecule has 1 fully saturated rings. The van der Waals surface area contributed by atoms with Gasteiger partial charge in [0.05, 0.1) is 11.4 Å². The Hall–Kier alpha value is -1.00. The van der Waals surface area contributed by atoms with Crippen LogP contribution < -0.4 is 0 Å². The van der Waals surface area contributed by atoms with E-state index in [9.17, 15) is 9.90 Å². The van der Waals surface area contributed by atoms with Crippen molar-refractivity contribution in [3.8, 4) is 0 Å². The number of amides is 1. The molecule has 1 amide bonds. The molecule has 2 rings (SSSR count). The summed E-state index contributed by atoms with van der Waals surface area (Å²) in [6.07, 6.45) is 1.66. The highest BCUT2D eigenvalue weighted by molar-refractivity contribution is 8.00. The van der Waals surface area contributed by atoms with Crippen LogP contribution in [0.1, 0.15) is 30.9 Å². The number of hydrogen-bond acceptors (Lipinski definition) is 3. The van der Waals surface area contributed by atoms with E-state index in [1.54, 1.807) is 16.7 Å². The van der Waals surface area contributed by atoms with Crippen LogP contribution in [0.3, 0.4) is 0 Å². The number of nitrogens with zero attached hydrogens (tertiary/aromatic N) is 1. The lowest BCUT2D eigenvalue weighted by atomic mass is 9.95. The van der Waals surface area contributed by atoms with Gasteiger partial charge in [-0.05, 0) is 45.2 Å². The molecule has 1 N–H and O–H groups in total. The molecule has 0 bridgehead atoms. The highest BCUT2D eigenvalue weighted by Crippen LogP contribution is 2.25. The molecule has 1 aliphatic rings. The smallest absolute Gasteiger partial charge is 0.233 e. The van der Waals surface area contributed by atoms with Gasteiger partial charge in [0.15, 0.2) is 0 Å². The molecular formula is C16H23NO2S. The first-order chi connectivity index (χ1) is 9.37. The van der Waals surface area contributed by atoms with Crippen LogP contribution in [0.25, 0.3) is 0 Å². The van der Waals surface area contributed by atoms with Crippen molar-refractivity contribution in [2.45, 2.75) is 44.1 Å². The van der Waals surface area contributed by atoms with Crippen molar-refractivity contribution in [3.05, 3.63) is 29.3 Å².